The molecule has 146 valence electrons. The van der Waals surface area contributed by atoms with E-state index in [0.29, 0.717) is 12.0 Å². The zero-order valence-corrected chi connectivity index (χ0v) is 17.0. The van der Waals surface area contributed by atoms with Gasteiger partial charge in [0.15, 0.2) is 0 Å². The van der Waals surface area contributed by atoms with Gasteiger partial charge in [0.2, 0.25) is 10.0 Å². The summed E-state index contributed by atoms with van der Waals surface area (Å²) in [6.07, 6.45) is 0.570. The van der Waals surface area contributed by atoms with Gasteiger partial charge in [-0.15, -0.1) is 0 Å². The lowest BCUT2D eigenvalue weighted by Gasteiger charge is -2.19. The van der Waals surface area contributed by atoms with Gasteiger partial charge >= 0.3 is 5.97 Å². The first-order valence-electron chi connectivity index (χ1n) is 8.59. The summed E-state index contributed by atoms with van der Waals surface area (Å²) in [6.45, 7) is 5.54. The maximum absolute atomic E-state index is 12.9. The predicted octanol–water partition coefficient (Wildman–Crippen LogP) is 3.53. The highest BCUT2D eigenvalue weighted by atomic mass is 32.2. The zero-order chi connectivity index (χ0) is 20.2. The summed E-state index contributed by atoms with van der Waals surface area (Å²) in [6, 6.07) is 9.60. The number of aryl methyl sites for hydroxylation is 2. The van der Waals surface area contributed by atoms with Gasteiger partial charge in [-0.25, -0.2) is 17.9 Å². The van der Waals surface area contributed by atoms with Crippen LogP contribution in [0, 0.1) is 13.8 Å². The average Bonchev–Trinajstić information content (AvgIpc) is 2.65. The topological polar surface area (TPSA) is 81.7 Å². The minimum atomic E-state index is -3.82. The number of hydrogen-bond acceptors (Lipinski definition) is 5. The van der Waals surface area contributed by atoms with E-state index in [4.69, 9.17) is 9.47 Å². The smallest absolute Gasteiger partial charge is 0.338 e. The molecule has 0 aliphatic rings. The first kappa shape index (κ1) is 20.9. The van der Waals surface area contributed by atoms with Crippen molar-refractivity contribution in [1.82, 2.24) is 4.72 Å². The van der Waals surface area contributed by atoms with E-state index in [9.17, 15) is 13.2 Å². The first-order chi connectivity index (χ1) is 12.7. The Morgan fingerprint density at radius 2 is 1.78 bits per heavy atom. The summed E-state index contributed by atoms with van der Waals surface area (Å²) in [5.41, 5.74) is 2.66. The SMILES string of the molecule is CC[C@H](NS(=O)(=O)c1ccc(C)c(C(=O)OC)c1)c1ccc(OC)c(C)c1. The summed E-state index contributed by atoms with van der Waals surface area (Å²) in [7, 11) is -0.959. The van der Waals surface area contributed by atoms with Crippen LogP contribution in [-0.2, 0) is 14.8 Å². The van der Waals surface area contributed by atoms with Crippen LogP contribution in [0.3, 0.4) is 0 Å². The number of methoxy groups -OCH3 is 2. The fourth-order valence-electron chi connectivity index (χ4n) is 2.86. The largest absolute Gasteiger partial charge is 0.496 e. The van der Waals surface area contributed by atoms with Crippen molar-refractivity contribution >= 4 is 16.0 Å². The van der Waals surface area contributed by atoms with Gasteiger partial charge in [0.25, 0.3) is 0 Å². The Morgan fingerprint density at radius 1 is 1.07 bits per heavy atom. The van der Waals surface area contributed by atoms with Crippen molar-refractivity contribution < 1.29 is 22.7 Å². The van der Waals surface area contributed by atoms with Gasteiger partial charge in [0, 0.05) is 6.04 Å². The van der Waals surface area contributed by atoms with Gasteiger partial charge in [-0.05, 0) is 55.2 Å². The van der Waals surface area contributed by atoms with Crippen molar-refractivity contribution in [1.29, 1.82) is 0 Å². The molecule has 2 rings (SSSR count). The molecule has 27 heavy (non-hydrogen) atoms. The van der Waals surface area contributed by atoms with E-state index >= 15 is 0 Å². The lowest BCUT2D eigenvalue weighted by molar-refractivity contribution is 0.0599. The fraction of sp³-hybridized carbons (Fsp3) is 0.350. The van der Waals surface area contributed by atoms with E-state index in [1.54, 1.807) is 20.1 Å². The number of carbonyl (C=O) groups is 1. The van der Waals surface area contributed by atoms with Crippen molar-refractivity contribution in [2.24, 2.45) is 0 Å². The van der Waals surface area contributed by atoms with Crippen molar-refractivity contribution in [2.75, 3.05) is 14.2 Å². The van der Waals surface area contributed by atoms with Crippen LogP contribution < -0.4 is 9.46 Å². The van der Waals surface area contributed by atoms with E-state index in [1.165, 1.54) is 19.2 Å². The Kier molecular flexibility index (Phi) is 6.62. The molecule has 0 saturated heterocycles. The highest BCUT2D eigenvalue weighted by molar-refractivity contribution is 7.89. The van der Waals surface area contributed by atoms with Crippen molar-refractivity contribution in [3.8, 4) is 5.75 Å². The van der Waals surface area contributed by atoms with Crippen molar-refractivity contribution in [3.05, 3.63) is 58.7 Å². The number of benzene rings is 2. The highest BCUT2D eigenvalue weighted by Gasteiger charge is 2.23. The summed E-state index contributed by atoms with van der Waals surface area (Å²) in [4.78, 5) is 11.9. The lowest BCUT2D eigenvalue weighted by Crippen LogP contribution is -2.28. The number of sulfonamides is 1. The Hall–Kier alpha value is -2.38. The van der Waals surface area contributed by atoms with E-state index in [-0.39, 0.29) is 10.5 Å². The molecular formula is C20H25NO5S. The molecule has 7 heteroatoms. The average molecular weight is 391 g/mol. The highest BCUT2D eigenvalue weighted by Crippen LogP contribution is 2.26. The number of esters is 1. The summed E-state index contributed by atoms with van der Waals surface area (Å²) in [5.74, 6) is 0.181. The number of rotatable bonds is 7. The maximum Gasteiger partial charge on any atom is 0.338 e. The van der Waals surface area contributed by atoms with Gasteiger partial charge < -0.3 is 9.47 Å². The molecule has 0 aliphatic carbocycles. The molecule has 1 N–H and O–H groups in total. The standard InChI is InChI=1S/C20H25NO5S/c1-6-18(15-8-10-19(25-4)14(3)11-15)21-27(23,24)16-9-7-13(2)17(12-16)20(22)26-5/h7-12,18,21H,6H2,1-5H3/t18-/m0/s1. The van der Waals surface area contributed by atoms with Crippen molar-refractivity contribution in [3.63, 3.8) is 0 Å². The number of nitrogens with one attached hydrogen (secondary N) is 1. The molecule has 0 spiro atoms. The third-order valence-corrected chi connectivity index (χ3v) is 5.92. The third kappa shape index (κ3) is 4.67. The number of ether oxygens (including phenoxy) is 2. The van der Waals surface area contributed by atoms with Crippen LogP contribution in [0.5, 0.6) is 5.75 Å². The van der Waals surface area contributed by atoms with Crippen LogP contribution in [0.2, 0.25) is 0 Å². The van der Waals surface area contributed by atoms with Crippen LogP contribution in [-0.4, -0.2) is 28.6 Å². The van der Waals surface area contributed by atoms with E-state index in [0.717, 1.165) is 16.9 Å². The summed E-state index contributed by atoms with van der Waals surface area (Å²) >= 11 is 0. The predicted molar refractivity (Wildman–Crippen MR) is 104 cm³/mol. The normalized spacial score (nSPS) is 12.5. The molecule has 6 nitrogen and oxygen atoms in total. The van der Waals surface area contributed by atoms with Gasteiger partial charge in [0.05, 0.1) is 24.7 Å². The third-order valence-electron chi connectivity index (χ3n) is 4.45. The van der Waals surface area contributed by atoms with Gasteiger partial charge in [-0.1, -0.05) is 25.1 Å². The minimum absolute atomic E-state index is 0.0252. The molecule has 0 fully saturated rings. The zero-order valence-electron chi connectivity index (χ0n) is 16.2. The molecule has 2 aromatic carbocycles. The quantitative estimate of drug-likeness (QED) is 0.730. The Labute approximate surface area is 160 Å². The second-order valence-corrected chi connectivity index (χ2v) is 7.99. The molecular weight excluding hydrogens is 366 g/mol. The molecule has 0 bridgehead atoms. The van der Waals surface area contributed by atoms with Crippen LogP contribution in [0.1, 0.15) is 46.4 Å². The summed E-state index contributed by atoms with van der Waals surface area (Å²) < 4.78 is 38.4. The Morgan fingerprint density at radius 3 is 2.33 bits per heavy atom. The molecule has 0 unspecified atom stereocenters. The van der Waals surface area contributed by atoms with Crippen LogP contribution in [0.4, 0.5) is 0 Å². The van der Waals surface area contributed by atoms with Crippen LogP contribution >= 0.6 is 0 Å². The summed E-state index contributed by atoms with van der Waals surface area (Å²) in [5, 5.41) is 0. The second-order valence-electron chi connectivity index (χ2n) is 6.28. The molecule has 0 radical (unpaired) electrons. The second kappa shape index (κ2) is 8.54. The molecule has 0 saturated carbocycles. The van der Waals surface area contributed by atoms with Crippen molar-refractivity contribution in [2.45, 2.75) is 38.1 Å². The fourth-order valence-corrected chi connectivity index (χ4v) is 4.19. The maximum atomic E-state index is 12.9. The molecule has 0 heterocycles. The van der Waals surface area contributed by atoms with Gasteiger partial charge in [0.1, 0.15) is 5.75 Å². The van der Waals surface area contributed by atoms with Gasteiger partial charge in [-0.3, -0.25) is 0 Å². The lowest BCUT2D eigenvalue weighted by atomic mass is 10.0. The Balaban J connectivity index is 2.36. The molecule has 1 atom stereocenters. The Bertz CT molecular complexity index is 937. The number of hydrogen-bond donors (Lipinski definition) is 1. The van der Waals surface area contributed by atoms with E-state index in [2.05, 4.69) is 4.72 Å². The van der Waals surface area contributed by atoms with E-state index < -0.39 is 22.0 Å². The first-order valence-corrected chi connectivity index (χ1v) is 10.1. The minimum Gasteiger partial charge on any atom is -0.496 e. The van der Waals surface area contributed by atoms with Gasteiger partial charge in [-0.2, -0.15) is 0 Å². The molecule has 0 amide bonds. The van der Waals surface area contributed by atoms with Crippen LogP contribution in [0.15, 0.2) is 41.3 Å². The van der Waals surface area contributed by atoms with Crippen LogP contribution in [0.25, 0.3) is 0 Å². The molecule has 2 aromatic rings. The van der Waals surface area contributed by atoms with E-state index in [1.807, 2.05) is 32.0 Å². The monoisotopic (exact) mass is 391 g/mol. The number of carbonyl (C=O) groups excluding carboxylic acids is 1. The molecule has 0 aromatic heterocycles. The molecule has 0 aliphatic heterocycles.